The monoisotopic (exact) mass is 188 g/mol. The summed E-state index contributed by atoms with van der Waals surface area (Å²) < 4.78 is 2.19. The number of aromatic nitrogens is 2. The Bertz CT molecular complexity index is 441. The SMILES string of the molecule is CC(C)Cc1nc2ccccc2n1C. The van der Waals surface area contributed by atoms with Crippen molar-refractivity contribution in [1.82, 2.24) is 9.55 Å². The van der Waals surface area contributed by atoms with Gasteiger partial charge in [-0.3, -0.25) is 0 Å². The predicted octanol–water partition coefficient (Wildman–Crippen LogP) is 2.77. The molecule has 0 aliphatic heterocycles. The second-order valence-electron chi connectivity index (χ2n) is 4.17. The summed E-state index contributed by atoms with van der Waals surface area (Å²) in [7, 11) is 2.09. The third kappa shape index (κ3) is 1.52. The molecule has 0 bridgehead atoms. The number of nitrogens with zero attached hydrogens (tertiary/aromatic N) is 2. The van der Waals surface area contributed by atoms with Crippen LogP contribution in [0.1, 0.15) is 19.7 Å². The lowest BCUT2D eigenvalue weighted by molar-refractivity contribution is 0.606. The smallest absolute Gasteiger partial charge is 0.109 e. The van der Waals surface area contributed by atoms with Crippen molar-refractivity contribution in [3.63, 3.8) is 0 Å². The summed E-state index contributed by atoms with van der Waals surface area (Å²) in [4.78, 5) is 4.62. The van der Waals surface area contributed by atoms with E-state index < -0.39 is 0 Å². The zero-order valence-electron chi connectivity index (χ0n) is 8.99. The number of para-hydroxylation sites is 2. The van der Waals surface area contributed by atoms with Gasteiger partial charge in [-0.05, 0) is 18.1 Å². The van der Waals surface area contributed by atoms with Crippen LogP contribution in [0.25, 0.3) is 11.0 Å². The molecular formula is C12H16N2. The lowest BCUT2D eigenvalue weighted by atomic mass is 10.1. The van der Waals surface area contributed by atoms with E-state index in [1.807, 2.05) is 6.07 Å². The molecule has 0 spiro atoms. The zero-order valence-corrected chi connectivity index (χ0v) is 8.99. The molecule has 0 radical (unpaired) electrons. The van der Waals surface area contributed by atoms with Gasteiger partial charge in [-0.2, -0.15) is 0 Å². The first kappa shape index (κ1) is 9.25. The maximum absolute atomic E-state index is 4.62. The number of hydrogen-bond acceptors (Lipinski definition) is 1. The summed E-state index contributed by atoms with van der Waals surface area (Å²) in [5, 5.41) is 0. The van der Waals surface area contributed by atoms with Gasteiger partial charge in [0.25, 0.3) is 0 Å². The van der Waals surface area contributed by atoms with Crippen molar-refractivity contribution in [3.05, 3.63) is 30.1 Å². The van der Waals surface area contributed by atoms with Crippen LogP contribution in [0.15, 0.2) is 24.3 Å². The fraction of sp³-hybridized carbons (Fsp3) is 0.417. The predicted molar refractivity (Wildman–Crippen MR) is 59.3 cm³/mol. The molecule has 0 fully saturated rings. The van der Waals surface area contributed by atoms with Crippen molar-refractivity contribution in [2.45, 2.75) is 20.3 Å². The van der Waals surface area contributed by atoms with Crippen LogP contribution < -0.4 is 0 Å². The Kier molecular flexibility index (Phi) is 2.28. The van der Waals surface area contributed by atoms with Crippen molar-refractivity contribution in [1.29, 1.82) is 0 Å². The largest absolute Gasteiger partial charge is 0.331 e. The molecule has 2 heteroatoms. The molecule has 0 N–H and O–H groups in total. The van der Waals surface area contributed by atoms with Crippen LogP contribution in [0.5, 0.6) is 0 Å². The third-order valence-electron chi connectivity index (χ3n) is 2.47. The van der Waals surface area contributed by atoms with Gasteiger partial charge in [0.2, 0.25) is 0 Å². The van der Waals surface area contributed by atoms with E-state index in [2.05, 4.69) is 48.6 Å². The number of imidazole rings is 1. The summed E-state index contributed by atoms with van der Waals surface area (Å²) in [5.41, 5.74) is 2.33. The molecule has 0 aliphatic rings. The lowest BCUT2D eigenvalue weighted by Crippen LogP contribution is -2.02. The number of fused-ring (bicyclic) bond motifs is 1. The Hall–Kier alpha value is -1.31. The Morgan fingerprint density at radius 3 is 2.64 bits per heavy atom. The van der Waals surface area contributed by atoms with Gasteiger partial charge in [0.1, 0.15) is 5.82 Å². The van der Waals surface area contributed by atoms with Gasteiger partial charge in [0.05, 0.1) is 11.0 Å². The van der Waals surface area contributed by atoms with Gasteiger partial charge < -0.3 is 4.57 Å². The molecule has 0 saturated heterocycles. The highest BCUT2D eigenvalue weighted by atomic mass is 15.1. The normalized spacial score (nSPS) is 11.4. The van der Waals surface area contributed by atoms with Crippen molar-refractivity contribution >= 4 is 11.0 Å². The first-order valence-corrected chi connectivity index (χ1v) is 5.09. The van der Waals surface area contributed by atoms with Crippen LogP contribution in [-0.2, 0) is 13.5 Å². The van der Waals surface area contributed by atoms with E-state index in [9.17, 15) is 0 Å². The number of hydrogen-bond donors (Lipinski definition) is 0. The molecule has 2 rings (SSSR count). The van der Waals surface area contributed by atoms with E-state index in [0.717, 1.165) is 11.9 Å². The Morgan fingerprint density at radius 1 is 1.29 bits per heavy atom. The minimum Gasteiger partial charge on any atom is -0.331 e. The first-order valence-electron chi connectivity index (χ1n) is 5.09. The Morgan fingerprint density at radius 2 is 2.00 bits per heavy atom. The van der Waals surface area contributed by atoms with Crippen molar-refractivity contribution in [3.8, 4) is 0 Å². The van der Waals surface area contributed by atoms with E-state index in [0.29, 0.717) is 5.92 Å². The van der Waals surface area contributed by atoms with E-state index in [4.69, 9.17) is 0 Å². The molecule has 0 aliphatic carbocycles. The van der Waals surface area contributed by atoms with Crippen LogP contribution >= 0.6 is 0 Å². The molecule has 1 aromatic carbocycles. The molecule has 0 amide bonds. The summed E-state index contributed by atoms with van der Waals surface area (Å²) in [5.74, 6) is 1.84. The molecule has 2 aromatic rings. The minimum absolute atomic E-state index is 0.658. The first-order chi connectivity index (χ1) is 6.68. The highest BCUT2D eigenvalue weighted by molar-refractivity contribution is 5.75. The fourth-order valence-electron chi connectivity index (χ4n) is 1.74. The van der Waals surface area contributed by atoms with Crippen molar-refractivity contribution in [2.24, 2.45) is 13.0 Å². The maximum Gasteiger partial charge on any atom is 0.109 e. The summed E-state index contributed by atoms with van der Waals surface area (Å²) in [6, 6.07) is 8.28. The molecule has 0 saturated carbocycles. The van der Waals surface area contributed by atoms with E-state index in [1.54, 1.807) is 0 Å². The van der Waals surface area contributed by atoms with Crippen LogP contribution in [-0.4, -0.2) is 9.55 Å². The molecule has 0 atom stereocenters. The average Bonchev–Trinajstić information content (AvgIpc) is 2.44. The van der Waals surface area contributed by atoms with Gasteiger partial charge in [-0.15, -0.1) is 0 Å². The molecule has 14 heavy (non-hydrogen) atoms. The highest BCUT2D eigenvalue weighted by Crippen LogP contribution is 2.16. The second kappa shape index (κ2) is 3.45. The van der Waals surface area contributed by atoms with Crippen LogP contribution in [0, 0.1) is 5.92 Å². The molecular weight excluding hydrogens is 172 g/mol. The maximum atomic E-state index is 4.62. The highest BCUT2D eigenvalue weighted by Gasteiger charge is 2.07. The molecule has 1 heterocycles. The fourth-order valence-corrected chi connectivity index (χ4v) is 1.74. The number of rotatable bonds is 2. The zero-order chi connectivity index (χ0) is 10.1. The van der Waals surface area contributed by atoms with Gasteiger partial charge in [0.15, 0.2) is 0 Å². The topological polar surface area (TPSA) is 17.8 Å². The molecule has 2 nitrogen and oxygen atoms in total. The van der Waals surface area contributed by atoms with E-state index >= 15 is 0 Å². The van der Waals surface area contributed by atoms with Gasteiger partial charge in [-0.25, -0.2) is 4.98 Å². The van der Waals surface area contributed by atoms with Crippen LogP contribution in [0.3, 0.4) is 0 Å². The average molecular weight is 188 g/mol. The Balaban J connectivity index is 2.51. The molecule has 1 aromatic heterocycles. The minimum atomic E-state index is 0.658. The van der Waals surface area contributed by atoms with E-state index in [-0.39, 0.29) is 0 Å². The second-order valence-corrected chi connectivity index (χ2v) is 4.17. The summed E-state index contributed by atoms with van der Waals surface area (Å²) in [6.07, 6.45) is 1.05. The van der Waals surface area contributed by atoms with Crippen LogP contribution in [0.4, 0.5) is 0 Å². The van der Waals surface area contributed by atoms with E-state index in [1.165, 1.54) is 11.3 Å². The van der Waals surface area contributed by atoms with Crippen LogP contribution in [0.2, 0.25) is 0 Å². The number of aryl methyl sites for hydroxylation is 1. The lowest BCUT2D eigenvalue weighted by Gasteiger charge is -2.04. The van der Waals surface area contributed by atoms with Crippen molar-refractivity contribution < 1.29 is 0 Å². The van der Waals surface area contributed by atoms with Gasteiger partial charge >= 0.3 is 0 Å². The molecule has 74 valence electrons. The van der Waals surface area contributed by atoms with Gasteiger partial charge in [-0.1, -0.05) is 26.0 Å². The van der Waals surface area contributed by atoms with Crippen molar-refractivity contribution in [2.75, 3.05) is 0 Å². The number of benzene rings is 1. The Labute approximate surface area is 84.6 Å². The van der Waals surface area contributed by atoms with Gasteiger partial charge in [0, 0.05) is 13.5 Å². The standard InChI is InChI=1S/C12H16N2/c1-9(2)8-12-13-10-6-4-5-7-11(10)14(12)3/h4-7,9H,8H2,1-3H3. The third-order valence-corrected chi connectivity index (χ3v) is 2.47. The summed E-state index contributed by atoms with van der Waals surface area (Å²) in [6.45, 7) is 4.44. The molecule has 0 unspecified atom stereocenters. The summed E-state index contributed by atoms with van der Waals surface area (Å²) >= 11 is 0. The quantitative estimate of drug-likeness (QED) is 0.708.